The number of ether oxygens (including phenoxy) is 1. The zero-order valence-corrected chi connectivity index (χ0v) is 16.9. The van der Waals surface area contributed by atoms with Crippen molar-refractivity contribution in [1.82, 2.24) is 0 Å². The average Bonchev–Trinajstić information content (AvgIpc) is 2.69. The second-order valence-electron chi connectivity index (χ2n) is 7.06. The Morgan fingerprint density at radius 2 is 1.96 bits per heavy atom. The second-order valence-corrected chi connectivity index (χ2v) is 7.06. The van der Waals surface area contributed by atoms with E-state index >= 15 is 0 Å². The van der Waals surface area contributed by atoms with Crippen LogP contribution in [0.5, 0.6) is 5.75 Å². The minimum atomic E-state index is -0.478. The van der Waals surface area contributed by atoms with E-state index in [0.717, 1.165) is 42.9 Å². The van der Waals surface area contributed by atoms with Gasteiger partial charge >= 0.3 is 6.09 Å². The van der Waals surface area contributed by atoms with Crippen LogP contribution in [0.2, 0.25) is 0 Å². The maximum absolute atomic E-state index is 12.3. The fraction of sp³-hybridized carbons (Fsp3) is 0.292. The highest BCUT2D eigenvalue weighted by Gasteiger charge is 2.18. The molecule has 0 aliphatic carbocycles. The lowest BCUT2D eigenvalue weighted by Gasteiger charge is -2.32. The SMILES string of the molecule is CC=CC(=CC)CN1CCCc2ccc(OC(=O)Nc3ccc(C)cc3)cc21. The van der Waals surface area contributed by atoms with Gasteiger partial charge in [-0.3, -0.25) is 5.32 Å². The van der Waals surface area contributed by atoms with Gasteiger partial charge in [0, 0.05) is 30.5 Å². The maximum atomic E-state index is 12.3. The van der Waals surface area contributed by atoms with Crippen molar-refractivity contribution in [2.45, 2.75) is 33.6 Å². The second kappa shape index (κ2) is 9.27. The van der Waals surface area contributed by atoms with Crippen molar-refractivity contribution in [3.8, 4) is 5.75 Å². The van der Waals surface area contributed by atoms with Crippen molar-refractivity contribution in [3.63, 3.8) is 0 Å². The van der Waals surface area contributed by atoms with E-state index < -0.39 is 6.09 Å². The highest BCUT2D eigenvalue weighted by molar-refractivity contribution is 5.86. The van der Waals surface area contributed by atoms with Gasteiger partial charge < -0.3 is 9.64 Å². The van der Waals surface area contributed by atoms with Crippen LogP contribution in [0.1, 0.15) is 31.4 Å². The van der Waals surface area contributed by atoms with Gasteiger partial charge in [0.2, 0.25) is 0 Å². The minimum absolute atomic E-state index is 0.478. The Bertz CT molecular complexity index is 882. The molecule has 28 heavy (non-hydrogen) atoms. The van der Waals surface area contributed by atoms with Crippen LogP contribution in [0.25, 0.3) is 0 Å². The normalized spacial score (nSPS) is 14.1. The molecule has 0 unspecified atom stereocenters. The summed E-state index contributed by atoms with van der Waals surface area (Å²) < 4.78 is 5.54. The Hall–Kier alpha value is -3.01. The van der Waals surface area contributed by atoms with Gasteiger partial charge in [-0.15, -0.1) is 0 Å². The number of carbonyl (C=O) groups is 1. The van der Waals surface area contributed by atoms with E-state index in [0.29, 0.717) is 5.75 Å². The standard InChI is InChI=1S/C24H28N2O2/c1-4-7-19(5-2)17-26-15-6-8-20-11-14-22(16-23(20)26)28-24(27)25-21-12-9-18(3)10-13-21/h4-5,7,9-14,16H,6,8,15,17H2,1-3H3,(H,25,27). The molecular formula is C24H28N2O2. The van der Waals surface area contributed by atoms with E-state index in [2.05, 4.69) is 41.4 Å². The average molecular weight is 377 g/mol. The van der Waals surface area contributed by atoms with Gasteiger partial charge in [-0.1, -0.05) is 42.0 Å². The molecule has 0 atom stereocenters. The summed E-state index contributed by atoms with van der Waals surface area (Å²) in [6.45, 7) is 7.96. The number of aryl methyl sites for hydroxylation is 2. The summed E-state index contributed by atoms with van der Waals surface area (Å²) in [6.07, 6.45) is 8.06. The van der Waals surface area contributed by atoms with Crippen LogP contribution in [-0.4, -0.2) is 19.2 Å². The molecule has 4 nitrogen and oxygen atoms in total. The van der Waals surface area contributed by atoms with E-state index in [1.54, 1.807) is 0 Å². The van der Waals surface area contributed by atoms with Crippen molar-refractivity contribution < 1.29 is 9.53 Å². The number of anilines is 2. The van der Waals surface area contributed by atoms with Crippen molar-refractivity contribution in [2.24, 2.45) is 0 Å². The van der Waals surface area contributed by atoms with Gasteiger partial charge in [0.1, 0.15) is 5.75 Å². The zero-order chi connectivity index (χ0) is 19.9. The summed E-state index contributed by atoms with van der Waals surface area (Å²) in [5.74, 6) is 0.559. The fourth-order valence-electron chi connectivity index (χ4n) is 3.42. The first-order valence-corrected chi connectivity index (χ1v) is 9.80. The molecule has 3 rings (SSSR count). The number of rotatable bonds is 5. The Kier molecular flexibility index (Phi) is 6.53. The van der Waals surface area contributed by atoms with Crippen LogP contribution in [0.4, 0.5) is 16.2 Å². The van der Waals surface area contributed by atoms with Crippen LogP contribution in [0, 0.1) is 6.92 Å². The Morgan fingerprint density at radius 3 is 2.68 bits per heavy atom. The number of hydrogen-bond acceptors (Lipinski definition) is 3. The summed E-state index contributed by atoms with van der Waals surface area (Å²) >= 11 is 0. The minimum Gasteiger partial charge on any atom is -0.410 e. The van der Waals surface area contributed by atoms with Gasteiger partial charge in [-0.2, -0.15) is 0 Å². The molecule has 0 saturated carbocycles. The van der Waals surface area contributed by atoms with Crippen LogP contribution < -0.4 is 15.0 Å². The van der Waals surface area contributed by atoms with Crippen molar-refractivity contribution >= 4 is 17.5 Å². The number of benzene rings is 2. The topological polar surface area (TPSA) is 41.6 Å². The molecule has 0 radical (unpaired) electrons. The first kappa shape index (κ1) is 19.7. The third-order valence-electron chi connectivity index (χ3n) is 4.91. The lowest BCUT2D eigenvalue weighted by Crippen LogP contribution is -2.31. The van der Waals surface area contributed by atoms with E-state index in [9.17, 15) is 4.79 Å². The third kappa shape index (κ3) is 5.03. The molecule has 0 spiro atoms. The quantitative estimate of drug-likeness (QED) is 0.663. The Morgan fingerprint density at radius 1 is 1.18 bits per heavy atom. The Balaban J connectivity index is 1.72. The number of nitrogens with one attached hydrogen (secondary N) is 1. The van der Waals surface area contributed by atoms with E-state index in [4.69, 9.17) is 4.74 Å². The van der Waals surface area contributed by atoms with Crippen LogP contribution in [0.15, 0.2) is 66.3 Å². The third-order valence-corrected chi connectivity index (χ3v) is 4.91. The lowest BCUT2D eigenvalue weighted by atomic mass is 10.0. The van der Waals surface area contributed by atoms with E-state index in [1.807, 2.05) is 50.2 Å². The molecule has 146 valence electrons. The van der Waals surface area contributed by atoms with Crippen molar-refractivity contribution in [1.29, 1.82) is 0 Å². The van der Waals surface area contributed by atoms with Crippen LogP contribution in [0.3, 0.4) is 0 Å². The molecule has 1 aliphatic rings. The molecular weight excluding hydrogens is 348 g/mol. The molecule has 1 aliphatic heterocycles. The summed E-state index contributed by atoms with van der Waals surface area (Å²) in [5, 5.41) is 2.77. The van der Waals surface area contributed by atoms with Crippen LogP contribution >= 0.6 is 0 Å². The molecule has 4 heteroatoms. The number of hydrogen-bond donors (Lipinski definition) is 1. The van der Waals surface area contributed by atoms with Gasteiger partial charge in [-0.05, 0) is 62.9 Å². The first-order valence-electron chi connectivity index (χ1n) is 9.80. The van der Waals surface area contributed by atoms with Gasteiger partial charge in [0.15, 0.2) is 0 Å². The molecule has 2 aromatic rings. The molecule has 2 aromatic carbocycles. The molecule has 0 saturated heterocycles. The maximum Gasteiger partial charge on any atom is 0.417 e. The summed E-state index contributed by atoms with van der Waals surface area (Å²) in [7, 11) is 0. The first-order chi connectivity index (χ1) is 13.6. The predicted octanol–water partition coefficient (Wildman–Crippen LogP) is 5.88. The highest BCUT2D eigenvalue weighted by Crippen LogP contribution is 2.31. The molecule has 1 N–H and O–H groups in total. The summed E-state index contributed by atoms with van der Waals surface area (Å²) in [5.41, 5.74) is 5.59. The molecule has 0 aromatic heterocycles. The molecule has 1 heterocycles. The highest BCUT2D eigenvalue weighted by atomic mass is 16.6. The van der Waals surface area contributed by atoms with Gasteiger partial charge in [0.25, 0.3) is 0 Å². The van der Waals surface area contributed by atoms with E-state index in [1.165, 1.54) is 11.1 Å². The number of carbonyl (C=O) groups excluding carboxylic acids is 1. The summed E-state index contributed by atoms with van der Waals surface area (Å²) in [6, 6.07) is 13.6. The summed E-state index contributed by atoms with van der Waals surface area (Å²) in [4.78, 5) is 14.6. The Labute approximate surface area is 167 Å². The van der Waals surface area contributed by atoms with Gasteiger partial charge in [-0.25, -0.2) is 4.79 Å². The number of amides is 1. The number of fused-ring (bicyclic) bond motifs is 1. The van der Waals surface area contributed by atoms with Crippen molar-refractivity contribution in [3.05, 3.63) is 77.4 Å². The monoisotopic (exact) mass is 376 g/mol. The number of nitrogens with zero attached hydrogens (tertiary/aromatic N) is 1. The van der Waals surface area contributed by atoms with Crippen LogP contribution in [-0.2, 0) is 6.42 Å². The molecule has 0 bridgehead atoms. The van der Waals surface area contributed by atoms with Crippen molar-refractivity contribution in [2.75, 3.05) is 23.3 Å². The smallest absolute Gasteiger partial charge is 0.410 e. The predicted molar refractivity (Wildman–Crippen MR) is 116 cm³/mol. The number of allylic oxidation sites excluding steroid dienone is 2. The lowest BCUT2D eigenvalue weighted by molar-refractivity contribution is 0.215. The van der Waals surface area contributed by atoms with E-state index in [-0.39, 0.29) is 0 Å². The molecule has 1 amide bonds. The molecule has 0 fully saturated rings. The van der Waals surface area contributed by atoms with Gasteiger partial charge in [0.05, 0.1) is 0 Å². The fourth-order valence-corrected chi connectivity index (χ4v) is 3.42. The largest absolute Gasteiger partial charge is 0.417 e. The zero-order valence-electron chi connectivity index (χ0n) is 16.9.